The van der Waals surface area contributed by atoms with Gasteiger partial charge in [0.25, 0.3) is 0 Å². The van der Waals surface area contributed by atoms with Gasteiger partial charge < -0.3 is 0 Å². The summed E-state index contributed by atoms with van der Waals surface area (Å²) in [6, 6.07) is 0. The third kappa shape index (κ3) is 6.93. The fourth-order valence-corrected chi connectivity index (χ4v) is 2.59. The second-order valence-electron chi connectivity index (χ2n) is 6.63. The minimum atomic E-state index is 0.696. The van der Waals surface area contributed by atoms with Crippen molar-refractivity contribution >= 4 is 0 Å². The topological polar surface area (TPSA) is 0 Å². The van der Waals surface area contributed by atoms with Gasteiger partial charge in [-0.3, -0.25) is 0 Å². The van der Waals surface area contributed by atoms with Crippen molar-refractivity contribution < 1.29 is 0 Å². The Balaban J connectivity index is 2.85. The van der Waals surface area contributed by atoms with Gasteiger partial charge in [0.1, 0.15) is 0 Å². The molecule has 0 N–H and O–H groups in total. The molecule has 0 spiro atoms. The first-order valence-corrected chi connectivity index (χ1v) is 8.15. The van der Waals surface area contributed by atoms with Crippen molar-refractivity contribution in [2.24, 2.45) is 11.8 Å². The van der Waals surface area contributed by atoms with E-state index in [1.807, 2.05) is 0 Å². The summed E-state index contributed by atoms with van der Waals surface area (Å²) in [5, 5.41) is 0. The summed E-state index contributed by atoms with van der Waals surface area (Å²) in [6.07, 6.45) is 17.9. The highest BCUT2D eigenvalue weighted by molar-refractivity contribution is 5.19. The summed E-state index contributed by atoms with van der Waals surface area (Å²) in [4.78, 5) is 0. The monoisotopic (exact) mass is 272 g/mol. The molecule has 0 saturated carbocycles. The summed E-state index contributed by atoms with van der Waals surface area (Å²) in [5.41, 5.74) is 4.46. The van der Waals surface area contributed by atoms with Crippen LogP contribution < -0.4 is 0 Å². The molecule has 0 nitrogen and oxygen atoms in total. The molecule has 0 aromatic rings. The second-order valence-corrected chi connectivity index (χ2v) is 6.63. The number of hydrogen-bond acceptors (Lipinski definition) is 0. The minimum absolute atomic E-state index is 0.696. The first kappa shape index (κ1) is 17.0. The molecule has 1 atom stereocenters. The van der Waals surface area contributed by atoms with Crippen LogP contribution >= 0.6 is 0 Å². The lowest BCUT2D eigenvalue weighted by molar-refractivity contribution is 0.435. The van der Waals surface area contributed by atoms with Gasteiger partial charge in [-0.15, -0.1) is 0 Å². The fourth-order valence-electron chi connectivity index (χ4n) is 2.59. The van der Waals surface area contributed by atoms with Crippen LogP contribution in [0.2, 0.25) is 0 Å². The van der Waals surface area contributed by atoms with Crippen LogP contribution in [0.4, 0.5) is 0 Å². The molecular weight excluding hydrogens is 240 g/mol. The van der Waals surface area contributed by atoms with E-state index in [4.69, 9.17) is 0 Å². The highest BCUT2D eigenvalue weighted by Crippen LogP contribution is 2.23. The molecule has 0 radical (unpaired) electrons. The molecule has 112 valence electrons. The molecular formula is C20H32. The molecule has 0 aromatic carbocycles. The van der Waals surface area contributed by atoms with E-state index in [0.717, 1.165) is 12.3 Å². The van der Waals surface area contributed by atoms with Crippen LogP contribution in [0.1, 0.15) is 66.7 Å². The Morgan fingerprint density at radius 2 is 1.65 bits per heavy atom. The van der Waals surface area contributed by atoms with Crippen LogP contribution in [-0.4, -0.2) is 0 Å². The maximum Gasteiger partial charge on any atom is -0.0161 e. The smallest absolute Gasteiger partial charge is 0.0161 e. The largest absolute Gasteiger partial charge is 0.0853 e. The van der Waals surface area contributed by atoms with E-state index in [0.29, 0.717) is 5.92 Å². The second kappa shape index (κ2) is 9.00. The molecule has 1 aliphatic carbocycles. The third-order valence-electron chi connectivity index (χ3n) is 4.27. The van der Waals surface area contributed by atoms with Crippen LogP contribution in [-0.2, 0) is 0 Å². The van der Waals surface area contributed by atoms with Gasteiger partial charge in [-0.1, -0.05) is 60.9 Å². The maximum absolute atomic E-state index is 2.44. The van der Waals surface area contributed by atoms with Gasteiger partial charge in [0, 0.05) is 0 Å². The van der Waals surface area contributed by atoms with Gasteiger partial charge in [0.05, 0.1) is 0 Å². The lowest BCUT2D eigenvalue weighted by atomic mass is 9.88. The standard InChI is InChI=1S/C20H32/c1-16(2)20-14-12-18(4)10-6-8-17(3)9-7-11-19(5)13-15-20/h8,10-12,14,16,20H,6-7,9,13,15H2,1-5H3/t20-/m1/s1. The zero-order chi connectivity index (χ0) is 15.0. The van der Waals surface area contributed by atoms with Crippen molar-refractivity contribution in [3.63, 3.8) is 0 Å². The molecule has 0 unspecified atom stereocenters. The lowest BCUT2D eigenvalue weighted by Gasteiger charge is -2.17. The molecule has 0 amide bonds. The Kier molecular flexibility index (Phi) is 7.65. The Hall–Kier alpha value is -1.04. The predicted molar refractivity (Wildman–Crippen MR) is 91.8 cm³/mol. The Labute approximate surface area is 126 Å². The summed E-state index contributed by atoms with van der Waals surface area (Å²) in [6.45, 7) is 11.4. The highest BCUT2D eigenvalue weighted by atomic mass is 14.1. The normalized spacial score (nSPS) is 22.9. The van der Waals surface area contributed by atoms with Gasteiger partial charge in [-0.05, 0) is 64.7 Å². The minimum Gasteiger partial charge on any atom is -0.0853 e. The Morgan fingerprint density at radius 3 is 2.35 bits per heavy atom. The predicted octanol–water partition coefficient (Wildman–Crippen LogP) is 6.62. The molecule has 0 aromatic heterocycles. The van der Waals surface area contributed by atoms with Crippen molar-refractivity contribution in [2.45, 2.75) is 66.7 Å². The average Bonchev–Trinajstić information content (AvgIpc) is 2.37. The van der Waals surface area contributed by atoms with E-state index in [2.05, 4.69) is 65.0 Å². The van der Waals surface area contributed by atoms with Crippen LogP contribution in [0.25, 0.3) is 0 Å². The van der Waals surface area contributed by atoms with Gasteiger partial charge in [0.2, 0.25) is 0 Å². The maximum atomic E-state index is 2.44. The number of allylic oxidation sites excluding steroid dienone is 8. The summed E-state index contributed by atoms with van der Waals surface area (Å²) in [5.74, 6) is 1.42. The lowest BCUT2D eigenvalue weighted by Crippen LogP contribution is -2.05. The van der Waals surface area contributed by atoms with Crippen LogP contribution in [0.5, 0.6) is 0 Å². The fraction of sp³-hybridized carbons (Fsp3) is 0.600. The zero-order valence-electron chi connectivity index (χ0n) is 14.1. The van der Waals surface area contributed by atoms with Crippen molar-refractivity contribution in [3.05, 3.63) is 47.1 Å². The van der Waals surface area contributed by atoms with Crippen molar-refractivity contribution in [3.8, 4) is 0 Å². The number of rotatable bonds is 1. The molecule has 20 heavy (non-hydrogen) atoms. The molecule has 0 aliphatic heterocycles. The third-order valence-corrected chi connectivity index (χ3v) is 4.27. The first-order chi connectivity index (χ1) is 9.49. The SMILES string of the molecule is CC1=CCC=C(C)CCC=C(C)CC[C@H](C(C)C)C=C1. The van der Waals surface area contributed by atoms with E-state index in [9.17, 15) is 0 Å². The summed E-state index contributed by atoms with van der Waals surface area (Å²) < 4.78 is 0. The molecule has 0 heteroatoms. The average molecular weight is 272 g/mol. The molecule has 0 bridgehead atoms. The van der Waals surface area contributed by atoms with Gasteiger partial charge in [0.15, 0.2) is 0 Å². The van der Waals surface area contributed by atoms with Crippen molar-refractivity contribution in [2.75, 3.05) is 0 Å². The van der Waals surface area contributed by atoms with Gasteiger partial charge >= 0.3 is 0 Å². The Bertz CT molecular complexity index is 402. The molecule has 0 fully saturated rings. The van der Waals surface area contributed by atoms with E-state index in [1.165, 1.54) is 36.8 Å². The summed E-state index contributed by atoms with van der Waals surface area (Å²) in [7, 11) is 0. The van der Waals surface area contributed by atoms with E-state index < -0.39 is 0 Å². The van der Waals surface area contributed by atoms with E-state index in [-0.39, 0.29) is 0 Å². The highest BCUT2D eigenvalue weighted by Gasteiger charge is 2.09. The van der Waals surface area contributed by atoms with E-state index in [1.54, 1.807) is 5.57 Å². The van der Waals surface area contributed by atoms with Gasteiger partial charge in [-0.2, -0.15) is 0 Å². The quantitative estimate of drug-likeness (QED) is 0.471. The Morgan fingerprint density at radius 1 is 0.950 bits per heavy atom. The zero-order valence-corrected chi connectivity index (χ0v) is 14.1. The van der Waals surface area contributed by atoms with Crippen LogP contribution in [0.15, 0.2) is 47.1 Å². The van der Waals surface area contributed by atoms with Crippen molar-refractivity contribution in [1.82, 2.24) is 0 Å². The van der Waals surface area contributed by atoms with Gasteiger partial charge in [-0.25, -0.2) is 0 Å². The molecule has 1 aliphatic rings. The van der Waals surface area contributed by atoms with Crippen molar-refractivity contribution in [1.29, 1.82) is 0 Å². The van der Waals surface area contributed by atoms with E-state index >= 15 is 0 Å². The van der Waals surface area contributed by atoms with Crippen LogP contribution in [0, 0.1) is 11.8 Å². The molecule has 0 heterocycles. The summed E-state index contributed by atoms with van der Waals surface area (Å²) >= 11 is 0. The molecule has 0 saturated heterocycles. The number of hydrogen-bond donors (Lipinski definition) is 0. The molecule has 1 rings (SSSR count). The van der Waals surface area contributed by atoms with Crippen LogP contribution in [0.3, 0.4) is 0 Å². The first-order valence-electron chi connectivity index (χ1n) is 8.15.